The molecule has 8 heteroatoms. The number of nitrogens with zero attached hydrogens (tertiary/aromatic N) is 1. The topological polar surface area (TPSA) is 12.9 Å². The number of alkyl halides is 6. The summed E-state index contributed by atoms with van der Waals surface area (Å²) in [5.74, 6) is -1.74. The smallest absolute Gasteiger partial charge is 0.250 e. The monoisotopic (exact) mass is 307 g/mol. The van der Waals surface area contributed by atoms with Gasteiger partial charge in [0.05, 0.1) is 5.69 Å². The standard InChI is InChI=1S/C8H4BrF6N/c9-2-3-1-4(10)5(8(13,14)15)6(16-3)7(11)12/h1,7H,2H2. The van der Waals surface area contributed by atoms with Gasteiger partial charge in [0.15, 0.2) is 0 Å². The van der Waals surface area contributed by atoms with Crippen molar-refractivity contribution in [2.24, 2.45) is 0 Å². The Labute approximate surface area is 94.6 Å². The van der Waals surface area contributed by atoms with Gasteiger partial charge in [0.2, 0.25) is 0 Å². The van der Waals surface area contributed by atoms with Crippen LogP contribution in [0.3, 0.4) is 0 Å². The molecule has 0 amide bonds. The van der Waals surface area contributed by atoms with Crippen LogP contribution in [-0.4, -0.2) is 4.98 Å². The zero-order valence-electron chi connectivity index (χ0n) is 7.45. The fourth-order valence-electron chi connectivity index (χ4n) is 1.09. The molecule has 0 aliphatic heterocycles. The van der Waals surface area contributed by atoms with Crippen LogP contribution in [0, 0.1) is 5.82 Å². The van der Waals surface area contributed by atoms with E-state index >= 15 is 0 Å². The molecule has 0 aliphatic rings. The van der Waals surface area contributed by atoms with E-state index in [2.05, 4.69) is 20.9 Å². The highest BCUT2D eigenvalue weighted by molar-refractivity contribution is 9.08. The van der Waals surface area contributed by atoms with E-state index in [-0.39, 0.29) is 11.0 Å². The van der Waals surface area contributed by atoms with Crippen LogP contribution >= 0.6 is 15.9 Å². The average molecular weight is 308 g/mol. The zero-order valence-corrected chi connectivity index (χ0v) is 9.04. The summed E-state index contributed by atoms with van der Waals surface area (Å²) in [5, 5.41) is -0.109. The third-order valence-corrected chi connectivity index (χ3v) is 2.25. The summed E-state index contributed by atoms with van der Waals surface area (Å²) < 4.78 is 74.5. The van der Waals surface area contributed by atoms with E-state index in [4.69, 9.17) is 0 Å². The molecule has 0 bridgehead atoms. The summed E-state index contributed by atoms with van der Waals surface area (Å²) in [7, 11) is 0. The van der Waals surface area contributed by atoms with E-state index in [0.29, 0.717) is 6.07 Å². The van der Waals surface area contributed by atoms with Crippen molar-refractivity contribution in [2.75, 3.05) is 0 Å². The molecule has 1 aromatic heterocycles. The summed E-state index contributed by atoms with van der Waals surface area (Å²) in [6.45, 7) is 0. The molecule has 90 valence electrons. The summed E-state index contributed by atoms with van der Waals surface area (Å²) in [6, 6.07) is 0.476. The van der Waals surface area contributed by atoms with Gasteiger partial charge in [-0.3, -0.25) is 4.98 Å². The minimum atomic E-state index is -5.19. The van der Waals surface area contributed by atoms with Gasteiger partial charge in [-0.15, -0.1) is 0 Å². The maximum Gasteiger partial charge on any atom is 0.421 e. The SMILES string of the molecule is Fc1cc(CBr)nc(C(F)F)c1C(F)(F)F. The second kappa shape index (κ2) is 4.60. The third kappa shape index (κ3) is 2.66. The van der Waals surface area contributed by atoms with Gasteiger partial charge >= 0.3 is 6.18 Å². The Morgan fingerprint density at radius 1 is 1.31 bits per heavy atom. The lowest BCUT2D eigenvalue weighted by atomic mass is 10.1. The molecule has 0 aliphatic carbocycles. The Kier molecular flexibility index (Phi) is 3.82. The Morgan fingerprint density at radius 2 is 1.88 bits per heavy atom. The minimum Gasteiger partial charge on any atom is -0.250 e. The van der Waals surface area contributed by atoms with E-state index in [1.165, 1.54) is 0 Å². The predicted molar refractivity (Wildman–Crippen MR) is 46.8 cm³/mol. The number of pyridine rings is 1. The van der Waals surface area contributed by atoms with Crippen molar-refractivity contribution in [1.29, 1.82) is 0 Å². The van der Waals surface area contributed by atoms with Crippen LogP contribution in [0.15, 0.2) is 6.07 Å². The number of hydrogen-bond acceptors (Lipinski definition) is 1. The van der Waals surface area contributed by atoms with Crippen molar-refractivity contribution in [3.05, 3.63) is 28.8 Å². The lowest BCUT2D eigenvalue weighted by Crippen LogP contribution is -2.15. The van der Waals surface area contributed by atoms with Crippen LogP contribution in [0.25, 0.3) is 0 Å². The first-order chi connectivity index (χ1) is 7.27. The van der Waals surface area contributed by atoms with Crippen LogP contribution < -0.4 is 0 Å². The average Bonchev–Trinajstić information content (AvgIpc) is 2.14. The molecule has 16 heavy (non-hydrogen) atoms. The molecule has 1 nitrogen and oxygen atoms in total. The van der Waals surface area contributed by atoms with Crippen molar-refractivity contribution in [1.82, 2.24) is 4.98 Å². The molecular weight excluding hydrogens is 304 g/mol. The molecule has 1 rings (SSSR count). The first-order valence-electron chi connectivity index (χ1n) is 3.88. The first-order valence-corrected chi connectivity index (χ1v) is 5.00. The van der Waals surface area contributed by atoms with Crippen molar-refractivity contribution in [2.45, 2.75) is 17.9 Å². The highest BCUT2D eigenvalue weighted by Gasteiger charge is 2.40. The summed E-state index contributed by atoms with van der Waals surface area (Å²) in [5.41, 5.74) is -3.81. The maximum atomic E-state index is 13.0. The van der Waals surface area contributed by atoms with E-state index in [9.17, 15) is 26.3 Å². The van der Waals surface area contributed by atoms with Gasteiger partial charge < -0.3 is 0 Å². The molecule has 0 N–H and O–H groups in total. The fourth-order valence-corrected chi connectivity index (χ4v) is 1.38. The van der Waals surface area contributed by atoms with Gasteiger partial charge in [0.25, 0.3) is 6.43 Å². The first kappa shape index (κ1) is 13.3. The predicted octanol–water partition coefficient (Wildman–Crippen LogP) is 4.07. The molecular formula is C8H4BrF6N. The Morgan fingerprint density at radius 3 is 2.25 bits per heavy atom. The maximum absolute atomic E-state index is 13.0. The molecule has 0 aromatic carbocycles. The van der Waals surface area contributed by atoms with Crippen molar-refractivity contribution < 1.29 is 26.3 Å². The number of rotatable bonds is 2. The van der Waals surface area contributed by atoms with Gasteiger partial charge in [0.1, 0.15) is 17.1 Å². The molecule has 0 atom stereocenters. The number of hydrogen-bond donors (Lipinski definition) is 0. The highest BCUT2D eigenvalue weighted by Crippen LogP contribution is 2.37. The molecule has 0 saturated carbocycles. The van der Waals surface area contributed by atoms with Crippen LogP contribution in [0.1, 0.15) is 23.4 Å². The van der Waals surface area contributed by atoms with Gasteiger partial charge in [-0.05, 0) is 6.07 Å². The summed E-state index contributed by atoms with van der Waals surface area (Å²) in [4.78, 5) is 3.06. The lowest BCUT2D eigenvalue weighted by molar-refractivity contribution is -0.142. The lowest BCUT2D eigenvalue weighted by Gasteiger charge is -2.13. The molecule has 0 unspecified atom stereocenters. The zero-order chi connectivity index (χ0) is 12.5. The van der Waals surface area contributed by atoms with Gasteiger partial charge in [0, 0.05) is 5.33 Å². The third-order valence-electron chi connectivity index (χ3n) is 1.68. The van der Waals surface area contributed by atoms with Crippen molar-refractivity contribution >= 4 is 15.9 Å². The van der Waals surface area contributed by atoms with Crippen LogP contribution in [0.2, 0.25) is 0 Å². The summed E-state index contributed by atoms with van der Waals surface area (Å²) in [6.07, 6.45) is -8.67. The molecule has 0 saturated heterocycles. The minimum absolute atomic E-state index is 0.109. The summed E-state index contributed by atoms with van der Waals surface area (Å²) >= 11 is 2.79. The fraction of sp³-hybridized carbons (Fsp3) is 0.375. The normalized spacial score (nSPS) is 12.2. The Balaban J connectivity index is 3.46. The number of aromatic nitrogens is 1. The molecule has 1 aromatic rings. The van der Waals surface area contributed by atoms with E-state index in [1.54, 1.807) is 0 Å². The molecule has 0 radical (unpaired) electrons. The molecule has 0 spiro atoms. The second-order valence-corrected chi connectivity index (χ2v) is 3.35. The van der Waals surface area contributed by atoms with E-state index < -0.39 is 29.7 Å². The van der Waals surface area contributed by atoms with Crippen molar-refractivity contribution in [3.63, 3.8) is 0 Å². The highest BCUT2D eigenvalue weighted by atomic mass is 79.9. The van der Waals surface area contributed by atoms with Crippen molar-refractivity contribution in [3.8, 4) is 0 Å². The van der Waals surface area contributed by atoms with E-state index in [1.807, 2.05) is 0 Å². The van der Waals surface area contributed by atoms with E-state index in [0.717, 1.165) is 0 Å². The Bertz CT molecular complexity index is 389. The largest absolute Gasteiger partial charge is 0.421 e. The second-order valence-electron chi connectivity index (χ2n) is 2.79. The van der Waals surface area contributed by atoms with Gasteiger partial charge in [-0.1, -0.05) is 15.9 Å². The van der Waals surface area contributed by atoms with Crippen LogP contribution in [0.4, 0.5) is 26.3 Å². The Hall–Kier alpha value is -0.790. The quantitative estimate of drug-likeness (QED) is 0.593. The van der Waals surface area contributed by atoms with Gasteiger partial charge in [-0.2, -0.15) is 13.2 Å². The van der Waals surface area contributed by atoms with Crippen LogP contribution in [-0.2, 0) is 11.5 Å². The number of halogens is 7. The van der Waals surface area contributed by atoms with Gasteiger partial charge in [-0.25, -0.2) is 13.2 Å². The molecule has 0 fully saturated rings. The molecule has 1 heterocycles. The van der Waals surface area contributed by atoms with Crippen LogP contribution in [0.5, 0.6) is 0 Å².